The van der Waals surface area contributed by atoms with Gasteiger partial charge in [0.1, 0.15) is 29.6 Å². The van der Waals surface area contributed by atoms with E-state index in [2.05, 4.69) is 27.6 Å². The first-order valence-electron chi connectivity index (χ1n) is 12.3. The van der Waals surface area contributed by atoms with Gasteiger partial charge in [-0.05, 0) is 31.0 Å². The summed E-state index contributed by atoms with van der Waals surface area (Å²) in [4.78, 5) is 18.0. The van der Waals surface area contributed by atoms with Crippen LogP contribution in [0.15, 0.2) is 54.0 Å². The second-order valence-electron chi connectivity index (χ2n) is 8.71. The van der Waals surface area contributed by atoms with E-state index < -0.39 is 6.04 Å². The molecule has 9 nitrogen and oxygen atoms in total. The van der Waals surface area contributed by atoms with Crippen LogP contribution in [0.1, 0.15) is 51.1 Å². The minimum atomic E-state index is -0.502. The number of allylic oxidation sites excluding steroid dienone is 1. The Bertz CT molecular complexity index is 1270. The Morgan fingerprint density at radius 1 is 1.11 bits per heavy atom. The van der Waals surface area contributed by atoms with E-state index in [4.69, 9.17) is 25.8 Å². The van der Waals surface area contributed by atoms with Crippen molar-refractivity contribution < 1.29 is 19.0 Å². The molecule has 37 heavy (non-hydrogen) atoms. The first-order chi connectivity index (χ1) is 18.0. The van der Waals surface area contributed by atoms with Gasteiger partial charge in [0.15, 0.2) is 0 Å². The first kappa shape index (κ1) is 26.3. The average Bonchev–Trinajstić information content (AvgIpc) is 3.37. The summed E-state index contributed by atoms with van der Waals surface area (Å²) >= 11 is 6.24. The number of amides is 1. The second kappa shape index (κ2) is 12.0. The van der Waals surface area contributed by atoms with E-state index in [1.807, 2.05) is 31.2 Å². The average molecular weight is 526 g/mol. The van der Waals surface area contributed by atoms with Gasteiger partial charge in [-0.3, -0.25) is 4.79 Å². The van der Waals surface area contributed by atoms with Gasteiger partial charge in [0.2, 0.25) is 5.95 Å². The summed E-state index contributed by atoms with van der Waals surface area (Å²) < 4.78 is 18.4. The molecule has 2 heterocycles. The highest BCUT2D eigenvalue weighted by molar-refractivity contribution is 6.32. The smallest absolute Gasteiger partial charge is 0.255 e. The number of halogens is 1. The number of nitrogens with zero attached hydrogens (tertiary/aromatic N) is 3. The number of ether oxygens (including phenoxy) is 3. The monoisotopic (exact) mass is 525 g/mol. The highest BCUT2D eigenvalue weighted by atomic mass is 35.5. The molecule has 1 aliphatic rings. The number of carbonyl (C=O) groups is 1. The third-order valence-electron chi connectivity index (χ3n) is 6.22. The van der Waals surface area contributed by atoms with Crippen LogP contribution in [0.3, 0.4) is 0 Å². The quantitative estimate of drug-likeness (QED) is 0.303. The number of hydrogen-bond donors (Lipinski definition) is 2. The lowest BCUT2D eigenvalue weighted by molar-refractivity contribution is -0.113. The molecule has 1 amide bonds. The Hall–Kier alpha value is -3.72. The number of unbranched alkanes of at least 4 members (excludes halogenated alkanes) is 3. The number of aromatic nitrogens is 3. The third-order valence-corrected chi connectivity index (χ3v) is 6.52. The molecule has 196 valence electrons. The predicted octanol–water partition coefficient (Wildman–Crippen LogP) is 5.84. The molecule has 4 rings (SSSR count). The van der Waals surface area contributed by atoms with Crippen LogP contribution in [0.5, 0.6) is 17.2 Å². The van der Waals surface area contributed by atoms with Crippen LogP contribution in [-0.4, -0.2) is 41.5 Å². The van der Waals surface area contributed by atoms with E-state index in [-0.39, 0.29) is 5.91 Å². The van der Waals surface area contributed by atoms with Crippen molar-refractivity contribution in [1.82, 2.24) is 14.8 Å². The van der Waals surface area contributed by atoms with Crippen LogP contribution in [0.4, 0.5) is 11.6 Å². The molecule has 0 aliphatic carbocycles. The van der Waals surface area contributed by atoms with E-state index in [1.54, 1.807) is 16.8 Å². The number of nitrogens with one attached hydrogen (secondary N) is 2. The van der Waals surface area contributed by atoms with Crippen molar-refractivity contribution in [1.29, 1.82) is 0 Å². The largest absolute Gasteiger partial charge is 0.495 e. The number of hydrogen-bond acceptors (Lipinski definition) is 7. The molecule has 10 heteroatoms. The summed E-state index contributed by atoms with van der Waals surface area (Å²) in [6, 6.07) is 10.5. The van der Waals surface area contributed by atoms with Gasteiger partial charge in [-0.25, -0.2) is 4.68 Å². The normalized spacial score (nSPS) is 14.6. The van der Waals surface area contributed by atoms with Crippen molar-refractivity contribution in [2.24, 2.45) is 0 Å². The zero-order valence-corrected chi connectivity index (χ0v) is 22.3. The SMILES string of the molecule is CCCCCCOc1ccc([C@H]2C(C(=O)Nc3cc(OC)c(Cl)cc3OC)=C(C)Nc3ncnn32)cc1. The van der Waals surface area contributed by atoms with E-state index in [0.29, 0.717) is 46.0 Å². The van der Waals surface area contributed by atoms with E-state index in [9.17, 15) is 4.79 Å². The fraction of sp³-hybridized carbons (Fsp3) is 0.370. The van der Waals surface area contributed by atoms with Gasteiger partial charge in [0, 0.05) is 17.8 Å². The fourth-order valence-corrected chi connectivity index (χ4v) is 4.54. The zero-order chi connectivity index (χ0) is 26.4. The zero-order valence-electron chi connectivity index (χ0n) is 21.5. The lowest BCUT2D eigenvalue weighted by Crippen LogP contribution is -2.31. The molecule has 0 fully saturated rings. The fourth-order valence-electron chi connectivity index (χ4n) is 4.31. The summed E-state index contributed by atoms with van der Waals surface area (Å²) in [6.07, 6.45) is 6.05. The van der Waals surface area contributed by atoms with Crippen LogP contribution in [0, 0.1) is 0 Å². The van der Waals surface area contributed by atoms with Crippen molar-refractivity contribution in [2.75, 3.05) is 31.5 Å². The molecule has 0 spiro atoms. The van der Waals surface area contributed by atoms with Crippen molar-refractivity contribution in [3.05, 3.63) is 64.6 Å². The van der Waals surface area contributed by atoms with Gasteiger partial charge in [0.25, 0.3) is 5.91 Å². The summed E-state index contributed by atoms with van der Waals surface area (Å²) in [6.45, 7) is 4.71. The maximum atomic E-state index is 13.7. The van der Waals surface area contributed by atoms with Crippen molar-refractivity contribution >= 4 is 29.1 Å². The van der Waals surface area contributed by atoms with Crippen LogP contribution < -0.4 is 24.8 Å². The van der Waals surface area contributed by atoms with Crippen LogP contribution >= 0.6 is 11.6 Å². The Labute approximate surface area is 221 Å². The maximum Gasteiger partial charge on any atom is 0.255 e. The van der Waals surface area contributed by atoms with Gasteiger partial charge < -0.3 is 24.8 Å². The molecular weight excluding hydrogens is 494 g/mol. The van der Waals surface area contributed by atoms with Crippen molar-refractivity contribution in [2.45, 2.75) is 45.6 Å². The number of fused-ring (bicyclic) bond motifs is 1. The number of anilines is 2. The molecule has 2 aromatic carbocycles. The number of methoxy groups -OCH3 is 2. The minimum Gasteiger partial charge on any atom is -0.495 e. The Kier molecular flexibility index (Phi) is 8.55. The molecule has 0 unspecified atom stereocenters. The summed E-state index contributed by atoms with van der Waals surface area (Å²) in [5.41, 5.74) is 2.46. The highest BCUT2D eigenvalue weighted by Crippen LogP contribution is 2.39. The lowest BCUT2D eigenvalue weighted by Gasteiger charge is -2.29. The summed E-state index contributed by atoms with van der Waals surface area (Å²) in [5.74, 6) is 1.86. The van der Waals surface area contributed by atoms with Crippen LogP contribution in [0.25, 0.3) is 0 Å². The van der Waals surface area contributed by atoms with Crippen molar-refractivity contribution in [3.63, 3.8) is 0 Å². The Morgan fingerprint density at radius 2 is 1.86 bits per heavy atom. The molecule has 0 saturated heterocycles. The van der Waals surface area contributed by atoms with E-state index >= 15 is 0 Å². The van der Waals surface area contributed by atoms with Gasteiger partial charge in [-0.2, -0.15) is 10.1 Å². The topological polar surface area (TPSA) is 99.5 Å². The molecule has 2 N–H and O–H groups in total. The highest BCUT2D eigenvalue weighted by Gasteiger charge is 2.34. The molecular formula is C27H32ClN5O4. The lowest BCUT2D eigenvalue weighted by atomic mass is 9.95. The number of carbonyl (C=O) groups excluding carboxylic acids is 1. The summed E-state index contributed by atoms with van der Waals surface area (Å²) in [7, 11) is 3.02. The Morgan fingerprint density at radius 3 is 2.57 bits per heavy atom. The Balaban J connectivity index is 1.61. The second-order valence-corrected chi connectivity index (χ2v) is 9.12. The van der Waals surface area contributed by atoms with E-state index in [0.717, 1.165) is 24.2 Å². The minimum absolute atomic E-state index is 0.324. The predicted molar refractivity (Wildman–Crippen MR) is 144 cm³/mol. The first-order valence-corrected chi connectivity index (χ1v) is 12.7. The number of rotatable bonds is 11. The molecule has 1 atom stereocenters. The molecule has 0 saturated carbocycles. The van der Waals surface area contributed by atoms with Gasteiger partial charge in [-0.1, -0.05) is 49.9 Å². The van der Waals surface area contributed by atoms with E-state index in [1.165, 1.54) is 33.4 Å². The summed E-state index contributed by atoms with van der Waals surface area (Å²) in [5, 5.41) is 10.9. The molecule has 0 radical (unpaired) electrons. The van der Waals surface area contributed by atoms with Crippen LogP contribution in [0.2, 0.25) is 5.02 Å². The molecule has 0 bridgehead atoms. The molecule has 1 aliphatic heterocycles. The molecule has 1 aromatic heterocycles. The van der Waals surface area contributed by atoms with Gasteiger partial charge in [-0.15, -0.1) is 0 Å². The van der Waals surface area contributed by atoms with Crippen LogP contribution in [-0.2, 0) is 4.79 Å². The third kappa shape index (κ3) is 5.83. The van der Waals surface area contributed by atoms with Gasteiger partial charge in [0.05, 0.1) is 37.1 Å². The standard InChI is InChI=1S/C27H32ClN5O4/c1-5-6-7-8-13-37-19-11-9-18(10-12-19)25-24(17(2)31-27-29-16-30-33(25)27)26(34)32-21-15-22(35-3)20(28)14-23(21)36-4/h9-12,14-16,25H,5-8,13H2,1-4H3,(H,32,34)(H,29,30,31)/t25-/m0/s1. The van der Waals surface area contributed by atoms with Crippen molar-refractivity contribution in [3.8, 4) is 17.2 Å². The molecule has 3 aromatic rings. The van der Waals surface area contributed by atoms with Gasteiger partial charge >= 0.3 is 0 Å². The number of benzene rings is 2. The maximum absolute atomic E-state index is 13.7.